The van der Waals surface area contributed by atoms with Crippen molar-refractivity contribution in [1.82, 2.24) is 10.6 Å². The number of carbonyl (C=O) groups excluding carboxylic acids is 1. The molecule has 1 fully saturated rings. The molecule has 0 radical (unpaired) electrons. The standard InChI is InChI=1S/C16H24N2O2/c1-4-16(8-5-9-18-16)15(19)17-11-13-6-7-14(20-3)10-12(13)2/h6-7,10,18H,4-5,8-9,11H2,1-3H3,(H,17,19)/t16-/m1/s1. The van der Waals surface area contributed by atoms with Crippen LogP contribution in [0.1, 0.15) is 37.3 Å². The van der Waals surface area contributed by atoms with Crippen LogP contribution in [-0.2, 0) is 11.3 Å². The lowest BCUT2D eigenvalue weighted by Gasteiger charge is -2.26. The summed E-state index contributed by atoms with van der Waals surface area (Å²) in [6.07, 6.45) is 2.83. The zero-order chi connectivity index (χ0) is 14.6. The molecule has 0 bridgehead atoms. The second kappa shape index (κ2) is 6.27. The van der Waals surface area contributed by atoms with Crippen molar-refractivity contribution < 1.29 is 9.53 Å². The van der Waals surface area contributed by atoms with Crippen LogP contribution < -0.4 is 15.4 Å². The van der Waals surface area contributed by atoms with Gasteiger partial charge >= 0.3 is 0 Å². The third-order valence-electron chi connectivity index (χ3n) is 4.27. The fraction of sp³-hybridized carbons (Fsp3) is 0.562. The van der Waals surface area contributed by atoms with Crippen LogP contribution in [0.15, 0.2) is 18.2 Å². The van der Waals surface area contributed by atoms with E-state index in [-0.39, 0.29) is 11.4 Å². The minimum Gasteiger partial charge on any atom is -0.497 e. The molecular weight excluding hydrogens is 252 g/mol. The highest BCUT2D eigenvalue weighted by atomic mass is 16.5. The number of nitrogens with one attached hydrogen (secondary N) is 2. The molecule has 1 aromatic carbocycles. The van der Waals surface area contributed by atoms with E-state index in [0.29, 0.717) is 6.54 Å². The Hall–Kier alpha value is -1.55. The van der Waals surface area contributed by atoms with Gasteiger partial charge < -0.3 is 15.4 Å². The lowest BCUT2D eigenvalue weighted by Crippen LogP contribution is -2.52. The van der Waals surface area contributed by atoms with Gasteiger partial charge in [-0.2, -0.15) is 0 Å². The lowest BCUT2D eigenvalue weighted by atomic mass is 9.93. The summed E-state index contributed by atoms with van der Waals surface area (Å²) in [6.45, 7) is 5.60. The molecule has 2 rings (SSSR count). The third kappa shape index (κ3) is 2.96. The summed E-state index contributed by atoms with van der Waals surface area (Å²) in [5, 5.41) is 6.43. The first-order valence-corrected chi connectivity index (χ1v) is 7.28. The first kappa shape index (κ1) is 14.9. The Bertz CT molecular complexity index is 479. The second-order valence-corrected chi connectivity index (χ2v) is 5.44. The van der Waals surface area contributed by atoms with E-state index >= 15 is 0 Å². The Morgan fingerprint density at radius 1 is 1.50 bits per heavy atom. The molecule has 0 aromatic heterocycles. The molecule has 1 atom stereocenters. The van der Waals surface area contributed by atoms with Gasteiger partial charge in [0, 0.05) is 6.54 Å². The molecular formula is C16H24N2O2. The van der Waals surface area contributed by atoms with Crippen LogP contribution in [0.4, 0.5) is 0 Å². The molecule has 1 heterocycles. The van der Waals surface area contributed by atoms with E-state index in [4.69, 9.17) is 4.74 Å². The minimum absolute atomic E-state index is 0.118. The van der Waals surface area contributed by atoms with E-state index in [1.807, 2.05) is 25.1 Å². The maximum absolute atomic E-state index is 12.4. The molecule has 0 aliphatic carbocycles. The summed E-state index contributed by atoms with van der Waals surface area (Å²) in [5.41, 5.74) is 1.90. The maximum atomic E-state index is 12.4. The average molecular weight is 276 g/mol. The third-order valence-corrected chi connectivity index (χ3v) is 4.27. The summed E-state index contributed by atoms with van der Waals surface area (Å²) in [5.74, 6) is 0.966. The number of ether oxygens (including phenoxy) is 1. The quantitative estimate of drug-likeness (QED) is 0.866. The summed E-state index contributed by atoms with van der Waals surface area (Å²) >= 11 is 0. The topological polar surface area (TPSA) is 50.4 Å². The molecule has 110 valence electrons. The van der Waals surface area contributed by atoms with Crippen molar-refractivity contribution in [3.63, 3.8) is 0 Å². The normalized spacial score (nSPS) is 21.8. The monoisotopic (exact) mass is 276 g/mol. The SMILES string of the molecule is CC[C@]1(C(=O)NCc2ccc(OC)cc2C)CCCN1. The van der Waals surface area contributed by atoms with E-state index in [2.05, 4.69) is 17.6 Å². The highest BCUT2D eigenvalue weighted by Crippen LogP contribution is 2.23. The van der Waals surface area contributed by atoms with Crippen molar-refractivity contribution in [3.05, 3.63) is 29.3 Å². The van der Waals surface area contributed by atoms with Gasteiger partial charge in [-0.15, -0.1) is 0 Å². The Morgan fingerprint density at radius 2 is 2.30 bits per heavy atom. The van der Waals surface area contributed by atoms with Crippen LogP contribution in [0.3, 0.4) is 0 Å². The van der Waals surface area contributed by atoms with Crippen molar-refractivity contribution in [2.75, 3.05) is 13.7 Å². The number of hydrogen-bond donors (Lipinski definition) is 2. The second-order valence-electron chi connectivity index (χ2n) is 5.44. The van der Waals surface area contributed by atoms with Gasteiger partial charge in [0.2, 0.25) is 5.91 Å². The van der Waals surface area contributed by atoms with Crippen molar-refractivity contribution in [2.45, 2.75) is 45.2 Å². The van der Waals surface area contributed by atoms with E-state index in [1.165, 1.54) is 0 Å². The number of methoxy groups -OCH3 is 1. The number of aryl methyl sites for hydroxylation is 1. The Labute approximate surface area is 120 Å². The molecule has 4 nitrogen and oxygen atoms in total. The van der Waals surface area contributed by atoms with E-state index in [0.717, 1.165) is 42.7 Å². The van der Waals surface area contributed by atoms with Crippen molar-refractivity contribution in [2.24, 2.45) is 0 Å². The van der Waals surface area contributed by atoms with Crippen molar-refractivity contribution in [1.29, 1.82) is 0 Å². The van der Waals surface area contributed by atoms with Gasteiger partial charge in [-0.25, -0.2) is 0 Å². The summed E-state index contributed by atoms with van der Waals surface area (Å²) in [4.78, 5) is 12.4. The average Bonchev–Trinajstić information content (AvgIpc) is 2.95. The number of benzene rings is 1. The Kier molecular flexibility index (Phi) is 4.65. The summed E-state index contributed by atoms with van der Waals surface area (Å²) < 4.78 is 5.19. The van der Waals surface area contributed by atoms with Gasteiger partial charge in [-0.1, -0.05) is 13.0 Å². The fourth-order valence-corrected chi connectivity index (χ4v) is 2.80. The van der Waals surface area contributed by atoms with Crippen LogP contribution in [0.25, 0.3) is 0 Å². The first-order valence-electron chi connectivity index (χ1n) is 7.28. The Balaban J connectivity index is 1.99. The zero-order valence-electron chi connectivity index (χ0n) is 12.6. The van der Waals surface area contributed by atoms with E-state index in [9.17, 15) is 4.79 Å². The fourth-order valence-electron chi connectivity index (χ4n) is 2.80. The van der Waals surface area contributed by atoms with Gasteiger partial charge in [-0.3, -0.25) is 4.79 Å². The molecule has 20 heavy (non-hydrogen) atoms. The molecule has 0 saturated carbocycles. The zero-order valence-corrected chi connectivity index (χ0v) is 12.6. The number of hydrogen-bond acceptors (Lipinski definition) is 3. The van der Waals surface area contributed by atoms with Gasteiger partial charge in [0.25, 0.3) is 0 Å². The van der Waals surface area contributed by atoms with Crippen LogP contribution in [0.5, 0.6) is 5.75 Å². The largest absolute Gasteiger partial charge is 0.497 e. The molecule has 1 amide bonds. The van der Waals surface area contributed by atoms with E-state index < -0.39 is 0 Å². The van der Waals surface area contributed by atoms with Gasteiger partial charge in [-0.05, 0) is 56.0 Å². The highest BCUT2D eigenvalue weighted by Gasteiger charge is 2.38. The van der Waals surface area contributed by atoms with Gasteiger partial charge in [0.1, 0.15) is 5.75 Å². The number of carbonyl (C=O) groups is 1. The van der Waals surface area contributed by atoms with Crippen LogP contribution in [0.2, 0.25) is 0 Å². The van der Waals surface area contributed by atoms with Gasteiger partial charge in [0.05, 0.1) is 12.6 Å². The minimum atomic E-state index is -0.361. The highest BCUT2D eigenvalue weighted by molar-refractivity contribution is 5.86. The molecule has 1 aliphatic heterocycles. The molecule has 0 spiro atoms. The van der Waals surface area contributed by atoms with Crippen molar-refractivity contribution in [3.8, 4) is 5.75 Å². The number of rotatable bonds is 5. The molecule has 0 unspecified atom stereocenters. The smallest absolute Gasteiger partial charge is 0.240 e. The predicted molar refractivity (Wildman–Crippen MR) is 79.8 cm³/mol. The maximum Gasteiger partial charge on any atom is 0.240 e. The number of amides is 1. The molecule has 1 aromatic rings. The molecule has 2 N–H and O–H groups in total. The van der Waals surface area contributed by atoms with E-state index in [1.54, 1.807) is 7.11 Å². The van der Waals surface area contributed by atoms with Crippen LogP contribution in [0, 0.1) is 6.92 Å². The van der Waals surface area contributed by atoms with Gasteiger partial charge in [0.15, 0.2) is 0 Å². The molecule has 4 heteroatoms. The van der Waals surface area contributed by atoms with Crippen LogP contribution in [-0.4, -0.2) is 25.1 Å². The molecule has 1 saturated heterocycles. The predicted octanol–water partition coefficient (Wildman–Crippen LogP) is 2.15. The lowest BCUT2D eigenvalue weighted by molar-refractivity contribution is -0.127. The summed E-state index contributed by atoms with van der Waals surface area (Å²) in [6, 6.07) is 5.93. The Morgan fingerprint density at radius 3 is 2.85 bits per heavy atom. The first-order chi connectivity index (χ1) is 9.61. The summed E-state index contributed by atoms with van der Waals surface area (Å²) in [7, 11) is 1.66. The molecule has 1 aliphatic rings. The van der Waals surface area contributed by atoms with Crippen LogP contribution >= 0.6 is 0 Å². The van der Waals surface area contributed by atoms with Crippen molar-refractivity contribution >= 4 is 5.91 Å².